The maximum absolute atomic E-state index is 13.1. The number of phosphoric ester groups is 2. The fourth-order valence-corrected chi connectivity index (χ4v) is 13.1. The third-order valence-electron chi connectivity index (χ3n) is 17.9. The minimum absolute atomic E-state index is 0.103. The molecule has 0 aliphatic rings. The van der Waals surface area contributed by atoms with E-state index in [-0.39, 0.29) is 25.7 Å². The third kappa shape index (κ3) is 69.0. The smallest absolute Gasteiger partial charge is 0.462 e. The first-order valence-corrected chi connectivity index (χ1v) is 42.2. The number of aliphatic hydroxyl groups is 1. The van der Waals surface area contributed by atoms with Crippen LogP contribution in [0.3, 0.4) is 0 Å². The van der Waals surface area contributed by atoms with E-state index in [0.29, 0.717) is 31.6 Å². The molecule has 0 rings (SSSR count). The Morgan fingerprint density at radius 2 is 0.505 bits per heavy atom. The van der Waals surface area contributed by atoms with Crippen LogP contribution in [0.5, 0.6) is 0 Å². The Bertz CT molecular complexity index is 1870. The van der Waals surface area contributed by atoms with Crippen LogP contribution in [-0.2, 0) is 65.4 Å². The molecule has 0 fully saturated rings. The summed E-state index contributed by atoms with van der Waals surface area (Å²) >= 11 is 0. The molecule has 3 unspecified atom stereocenters. The molecule has 0 aliphatic carbocycles. The minimum Gasteiger partial charge on any atom is -0.462 e. The van der Waals surface area contributed by atoms with Crippen LogP contribution >= 0.6 is 15.6 Å². The molecule has 3 N–H and O–H groups in total. The lowest BCUT2D eigenvalue weighted by atomic mass is 9.99. The summed E-state index contributed by atoms with van der Waals surface area (Å²) in [7, 11) is -9.91. The SMILES string of the molecule is CCC(C)CCCCCCCCCCCCCCCCCCCCC(=O)OC[C@H](COP(=O)(O)OC[C@@H](O)COP(=O)(O)OC[C@@H](COC(=O)CCCCCCCCC(C)C)OC(=O)CCCCCCCCCCC(C)C)OC(=O)CCCCCCCCCCCCC(C)C. The summed E-state index contributed by atoms with van der Waals surface area (Å²) in [6, 6.07) is 0. The maximum Gasteiger partial charge on any atom is 0.472 e. The zero-order chi connectivity index (χ0) is 70.3. The topological polar surface area (TPSA) is 237 Å². The lowest BCUT2D eigenvalue weighted by molar-refractivity contribution is -0.161. The summed E-state index contributed by atoms with van der Waals surface area (Å²) in [6.45, 7) is 14.1. The van der Waals surface area contributed by atoms with Crippen molar-refractivity contribution in [1.29, 1.82) is 0 Å². The maximum atomic E-state index is 13.1. The van der Waals surface area contributed by atoms with E-state index < -0.39 is 97.5 Å². The molecule has 0 radical (unpaired) electrons. The number of hydrogen-bond donors (Lipinski definition) is 3. The molecule has 6 atom stereocenters. The Labute approximate surface area is 581 Å². The second kappa shape index (κ2) is 65.4. The normalized spacial score (nSPS) is 14.4. The lowest BCUT2D eigenvalue weighted by Crippen LogP contribution is -2.30. The second-order valence-electron chi connectivity index (χ2n) is 29.1. The molecule has 0 saturated heterocycles. The fourth-order valence-electron chi connectivity index (χ4n) is 11.5. The highest BCUT2D eigenvalue weighted by atomic mass is 31.2. The second-order valence-corrected chi connectivity index (χ2v) is 32.0. The Balaban J connectivity index is 5.15. The zero-order valence-electron chi connectivity index (χ0n) is 62.3. The third-order valence-corrected chi connectivity index (χ3v) is 19.8. The van der Waals surface area contributed by atoms with Crippen LogP contribution in [0.25, 0.3) is 0 Å². The van der Waals surface area contributed by atoms with Crippen molar-refractivity contribution in [3.8, 4) is 0 Å². The van der Waals surface area contributed by atoms with E-state index >= 15 is 0 Å². The van der Waals surface area contributed by atoms with Gasteiger partial charge in [-0.05, 0) is 49.4 Å². The van der Waals surface area contributed by atoms with E-state index in [2.05, 4.69) is 55.4 Å². The van der Waals surface area contributed by atoms with Gasteiger partial charge in [0.15, 0.2) is 12.2 Å². The molecular weight excluding hydrogens is 1250 g/mol. The van der Waals surface area contributed by atoms with E-state index in [0.717, 1.165) is 114 Å². The Hall–Kier alpha value is -1.94. The van der Waals surface area contributed by atoms with Gasteiger partial charge in [-0.2, -0.15) is 0 Å². The average molecular weight is 1400 g/mol. The van der Waals surface area contributed by atoms with E-state index in [1.54, 1.807) is 0 Å². The lowest BCUT2D eigenvalue weighted by Gasteiger charge is -2.21. The summed E-state index contributed by atoms with van der Waals surface area (Å²) < 4.78 is 68.4. The van der Waals surface area contributed by atoms with Gasteiger partial charge in [0.2, 0.25) is 0 Å². The van der Waals surface area contributed by atoms with Crippen LogP contribution in [0.2, 0.25) is 0 Å². The molecule has 0 amide bonds. The highest BCUT2D eigenvalue weighted by molar-refractivity contribution is 7.47. The van der Waals surface area contributed by atoms with Crippen molar-refractivity contribution in [2.75, 3.05) is 39.6 Å². The quantitative estimate of drug-likeness (QED) is 0.0222. The molecule has 0 bridgehead atoms. The molecule has 17 nitrogen and oxygen atoms in total. The van der Waals surface area contributed by atoms with Gasteiger partial charge in [-0.1, -0.05) is 331 Å². The number of hydrogen-bond acceptors (Lipinski definition) is 15. The number of phosphoric acid groups is 2. The van der Waals surface area contributed by atoms with Gasteiger partial charge in [-0.15, -0.1) is 0 Å². The van der Waals surface area contributed by atoms with Crippen molar-refractivity contribution in [3.05, 3.63) is 0 Å². The van der Waals surface area contributed by atoms with Gasteiger partial charge in [-0.25, -0.2) is 9.13 Å². The number of carbonyl (C=O) groups is 4. The minimum atomic E-state index is -4.96. The molecule has 95 heavy (non-hydrogen) atoms. The Morgan fingerprint density at radius 1 is 0.295 bits per heavy atom. The van der Waals surface area contributed by atoms with Crippen LogP contribution in [0.15, 0.2) is 0 Å². The molecule has 564 valence electrons. The van der Waals surface area contributed by atoms with E-state index in [9.17, 15) is 43.2 Å². The van der Waals surface area contributed by atoms with Crippen molar-refractivity contribution in [3.63, 3.8) is 0 Å². The Kier molecular flexibility index (Phi) is 64.0. The van der Waals surface area contributed by atoms with Gasteiger partial charge >= 0.3 is 39.5 Å². The van der Waals surface area contributed by atoms with E-state index in [1.807, 2.05) is 0 Å². The number of esters is 4. The van der Waals surface area contributed by atoms with Crippen molar-refractivity contribution >= 4 is 39.5 Å². The van der Waals surface area contributed by atoms with Gasteiger partial charge in [-0.3, -0.25) is 37.3 Å². The largest absolute Gasteiger partial charge is 0.472 e. The van der Waals surface area contributed by atoms with Crippen molar-refractivity contribution in [2.45, 2.75) is 401 Å². The molecule has 0 aliphatic heterocycles. The molecule has 0 aromatic carbocycles. The number of aliphatic hydroxyl groups excluding tert-OH is 1. The summed E-state index contributed by atoms with van der Waals surface area (Å²) in [4.78, 5) is 72.7. The number of unbranched alkanes of at least 4 members (excludes halogenated alkanes) is 38. The first kappa shape index (κ1) is 93.1. The molecule has 19 heteroatoms. The van der Waals surface area contributed by atoms with Gasteiger partial charge in [0.1, 0.15) is 19.3 Å². The highest BCUT2D eigenvalue weighted by Gasteiger charge is 2.30. The van der Waals surface area contributed by atoms with E-state index in [4.69, 9.17) is 37.0 Å². The number of carbonyl (C=O) groups excluding carboxylic acids is 4. The molecular formula is C76H148O17P2. The van der Waals surface area contributed by atoms with E-state index in [1.165, 1.54) is 180 Å². The average Bonchev–Trinajstić information content (AvgIpc) is 1.56. The zero-order valence-corrected chi connectivity index (χ0v) is 64.1. The van der Waals surface area contributed by atoms with Gasteiger partial charge < -0.3 is 33.8 Å². The first-order valence-electron chi connectivity index (χ1n) is 39.2. The summed E-state index contributed by atoms with van der Waals surface area (Å²) in [5.74, 6) is 0.897. The van der Waals surface area contributed by atoms with Crippen molar-refractivity contribution in [2.24, 2.45) is 23.7 Å². The molecule has 0 spiro atoms. The monoisotopic (exact) mass is 1400 g/mol. The van der Waals surface area contributed by atoms with Crippen LogP contribution < -0.4 is 0 Å². The summed E-state index contributed by atoms with van der Waals surface area (Å²) in [5, 5.41) is 10.6. The Morgan fingerprint density at radius 3 is 0.747 bits per heavy atom. The molecule has 0 saturated carbocycles. The standard InChI is InChI=1S/C76H148O17P2/c1-9-69(8)55-47-39-30-23-18-16-14-12-10-11-13-15-17-19-24-31-40-48-56-73(78)86-62-71(92-75(80)58-50-42-32-25-21-20-22-28-36-44-52-66(2)3)64-90-94(82,83)88-60-70(77)61-89-95(84,85)91-65-72(63-87-74(79)57-49-41-35-34-38-46-54-68(6)7)93-76(81)59-51-43-33-27-26-29-37-45-53-67(4)5/h66-72,77H,9-65H2,1-8H3,(H,82,83)(H,84,85)/t69?,70-,71-,72-/m1/s1. The van der Waals surface area contributed by atoms with Gasteiger partial charge in [0, 0.05) is 25.7 Å². The number of rotatable bonds is 73. The molecule has 0 aromatic heterocycles. The summed E-state index contributed by atoms with van der Waals surface area (Å²) in [6.07, 6.45) is 50.3. The van der Waals surface area contributed by atoms with Crippen LogP contribution in [0, 0.1) is 23.7 Å². The van der Waals surface area contributed by atoms with Crippen molar-refractivity contribution < 1.29 is 80.2 Å². The first-order chi connectivity index (χ1) is 45.6. The fraction of sp³-hybridized carbons (Fsp3) is 0.947. The predicted octanol–water partition coefficient (Wildman–Crippen LogP) is 22.0. The number of ether oxygens (including phenoxy) is 4. The van der Waals surface area contributed by atoms with Crippen LogP contribution in [0.1, 0.15) is 383 Å². The van der Waals surface area contributed by atoms with Crippen LogP contribution in [0.4, 0.5) is 0 Å². The predicted molar refractivity (Wildman–Crippen MR) is 386 cm³/mol. The van der Waals surface area contributed by atoms with Gasteiger partial charge in [0.05, 0.1) is 26.4 Å². The summed E-state index contributed by atoms with van der Waals surface area (Å²) in [5.41, 5.74) is 0. The van der Waals surface area contributed by atoms with Gasteiger partial charge in [0.25, 0.3) is 0 Å². The highest BCUT2D eigenvalue weighted by Crippen LogP contribution is 2.45. The van der Waals surface area contributed by atoms with Crippen molar-refractivity contribution in [1.82, 2.24) is 0 Å². The molecule has 0 heterocycles. The molecule has 0 aromatic rings. The van der Waals surface area contributed by atoms with Crippen LogP contribution in [-0.4, -0.2) is 96.7 Å².